The van der Waals surface area contributed by atoms with Gasteiger partial charge in [-0.3, -0.25) is 4.79 Å². The van der Waals surface area contributed by atoms with Crippen molar-refractivity contribution in [1.29, 1.82) is 5.26 Å². The molecule has 0 aliphatic heterocycles. The highest BCUT2D eigenvalue weighted by molar-refractivity contribution is 5.76. The van der Waals surface area contributed by atoms with Crippen LogP contribution in [0, 0.1) is 11.3 Å². The molecule has 0 aliphatic carbocycles. The number of hydrogen-bond acceptors (Lipinski definition) is 3. The topological polar surface area (TPSA) is 57.2 Å². The Morgan fingerprint density at radius 2 is 2.38 bits per heavy atom. The molecule has 0 radical (unpaired) electrons. The Balaban J connectivity index is 2.47. The smallest absolute Gasteiger partial charge is 0.224 e. The number of carbonyl (C=O) groups excluding carboxylic acids is 1. The van der Waals surface area contributed by atoms with Crippen LogP contribution in [0.4, 0.5) is 0 Å². The normalized spacial score (nSPS) is 10.1. The second-order valence-electron chi connectivity index (χ2n) is 3.85. The first-order chi connectivity index (χ1) is 7.65. The molecule has 0 N–H and O–H groups in total. The van der Waals surface area contributed by atoms with Gasteiger partial charge in [-0.15, -0.1) is 0 Å². The van der Waals surface area contributed by atoms with Crippen molar-refractivity contribution in [2.24, 2.45) is 0 Å². The average Bonchev–Trinajstić information content (AvgIpc) is 2.75. The molecule has 4 nitrogen and oxygen atoms in total. The van der Waals surface area contributed by atoms with E-state index in [0.29, 0.717) is 12.8 Å². The standard InChI is InChI=1S/C12H16N2O2/c1-10(2)14(8-7-13)12(15)6-5-11-4-3-9-16-11/h3-4,9-10H,5-6,8H2,1-2H3. The Hall–Kier alpha value is -1.76. The van der Waals surface area contributed by atoms with Crippen molar-refractivity contribution in [3.8, 4) is 6.07 Å². The molecule has 0 unspecified atom stereocenters. The van der Waals surface area contributed by atoms with Crippen LogP contribution in [0.1, 0.15) is 26.0 Å². The molecular weight excluding hydrogens is 204 g/mol. The second kappa shape index (κ2) is 5.96. The van der Waals surface area contributed by atoms with E-state index in [0.717, 1.165) is 5.76 Å². The van der Waals surface area contributed by atoms with Gasteiger partial charge in [0, 0.05) is 18.9 Å². The lowest BCUT2D eigenvalue weighted by molar-refractivity contribution is -0.132. The van der Waals surface area contributed by atoms with Gasteiger partial charge >= 0.3 is 0 Å². The maximum absolute atomic E-state index is 11.8. The second-order valence-corrected chi connectivity index (χ2v) is 3.85. The molecule has 1 amide bonds. The van der Waals surface area contributed by atoms with Crippen molar-refractivity contribution in [2.45, 2.75) is 32.7 Å². The summed E-state index contributed by atoms with van der Waals surface area (Å²) in [4.78, 5) is 13.4. The first-order valence-corrected chi connectivity index (χ1v) is 5.34. The van der Waals surface area contributed by atoms with Crippen molar-refractivity contribution >= 4 is 5.91 Å². The van der Waals surface area contributed by atoms with E-state index in [1.165, 1.54) is 0 Å². The van der Waals surface area contributed by atoms with Crippen LogP contribution in [-0.4, -0.2) is 23.4 Å². The molecule has 0 fully saturated rings. The van der Waals surface area contributed by atoms with E-state index in [1.54, 1.807) is 17.2 Å². The van der Waals surface area contributed by atoms with Gasteiger partial charge in [-0.2, -0.15) is 5.26 Å². The molecule has 1 heterocycles. The Morgan fingerprint density at radius 3 is 2.88 bits per heavy atom. The summed E-state index contributed by atoms with van der Waals surface area (Å²) in [6, 6.07) is 5.71. The Morgan fingerprint density at radius 1 is 1.62 bits per heavy atom. The molecule has 0 aliphatic rings. The van der Waals surface area contributed by atoms with Gasteiger partial charge < -0.3 is 9.32 Å². The highest BCUT2D eigenvalue weighted by Gasteiger charge is 2.16. The van der Waals surface area contributed by atoms with E-state index in [2.05, 4.69) is 0 Å². The number of amides is 1. The summed E-state index contributed by atoms with van der Waals surface area (Å²) in [7, 11) is 0. The van der Waals surface area contributed by atoms with Crippen molar-refractivity contribution in [3.63, 3.8) is 0 Å². The van der Waals surface area contributed by atoms with E-state index >= 15 is 0 Å². The zero-order valence-corrected chi connectivity index (χ0v) is 9.64. The average molecular weight is 220 g/mol. The van der Waals surface area contributed by atoms with Gasteiger partial charge in [-0.1, -0.05) is 0 Å². The fourth-order valence-corrected chi connectivity index (χ4v) is 1.46. The van der Waals surface area contributed by atoms with Gasteiger partial charge in [0.05, 0.1) is 12.3 Å². The third-order valence-electron chi connectivity index (χ3n) is 2.35. The molecule has 86 valence electrons. The zero-order chi connectivity index (χ0) is 12.0. The third-order valence-corrected chi connectivity index (χ3v) is 2.35. The Bertz CT molecular complexity index is 363. The Labute approximate surface area is 95.5 Å². The maximum Gasteiger partial charge on any atom is 0.224 e. The van der Waals surface area contributed by atoms with Crippen LogP contribution in [0.5, 0.6) is 0 Å². The fourth-order valence-electron chi connectivity index (χ4n) is 1.46. The van der Waals surface area contributed by atoms with Gasteiger partial charge in [0.1, 0.15) is 12.3 Å². The highest BCUT2D eigenvalue weighted by Crippen LogP contribution is 2.07. The third kappa shape index (κ3) is 3.43. The highest BCUT2D eigenvalue weighted by atomic mass is 16.3. The molecule has 0 atom stereocenters. The molecule has 1 aromatic heterocycles. The van der Waals surface area contributed by atoms with Crippen LogP contribution in [-0.2, 0) is 11.2 Å². The maximum atomic E-state index is 11.8. The van der Waals surface area contributed by atoms with Crippen molar-refractivity contribution in [3.05, 3.63) is 24.2 Å². The number of furan rings is 1. The number of carbonyl (C=O) groups is 1. The molecule has 0 spiro atoms. The minimum absolute atomic E-state index is 0.00653. The minimum Gasteiger partial charge on any atom is -0.469 e. The van der Waals surface area contributed by atoms with Crippen molar-refractivity contribution in [1.82, 2.24) is 4.90 Å². The van der Waals surface area contributed by atoms with Crippen LogP contribution in [0.25, 0.3) is 0 Å². The molecule has 1 rings (SSSR count). The molecule has 0 bridgehead atoms. The monoisotopic (exact) mass is 220 g/mol. The summed E-state index contributed by atoms with van der Waals surface area (Å²) in [6.07, 6.45) is 2.56. The number of nitriles is 1. The first-order valence-electron chi connectivity index (χ1n) is 5.34. The number of hydrogen-bond donors (Lipinski definition) is 0. The van der Waals surface area contributed by atoms with Crippen LogP contribution in [0.3, 0.4) is 0 Å². The SMILES string of the molecule is CC(C)N(CC#N)C(=O)CCc1ccco1. The lowest BCUT2D eigenvalue weighted by Crippen LogP contribution is -2.37. The number of rotatable bonds is 5. The number of aryl methyl sites for hydroxylation is 1. The largest absolute Gasteiger partial charge is 0.469 e. The summed E-state index contributed by atoms with van der Waals surface area (Å²) < 4.78 is 5.15. The summed E-state index contributed by atoms with van der Waals surface area (Å²) in [5.41, 5.74) is 0. The van der Waals surface area contributed by atoms with Crippen LogP contribution >= 0.6 is 0 Å². The van der Waals surface area contributed by atoms with E-state index in [1.807, 2.05) is 26.0 Å². The van der Waals surface area contributed by atoms with Gasteiger partial charge in [0.25, 0.3) is 0 Å². The van der Waals surface area contributed by atoms with Crippen molar-refractivity contribution in [2.75, 3.05) is 6.54 Å². The van der Waals surface area contributed by atoms with E-state index in [9.17, 15) is 4.79 Å². The zero-order valence-electron chi connectivity index (χ0n) is 9.64. The quantitative estimate of drug-likeness (QED) is 0.713. The molecule has 0 saturated heterocycles. The summed E-state index contributed by atoms with van der Waals surface area (Å²) in [5, 5.41) is 8.62. The molecular formula is C12H16N2O2. The minimum atomic E-state index is -0.00653. The molecule has 0 aromatic carbocycles. The first kappa shape index (κ1) is 12.3. The molecule has 1 aromatic rings. The lowest BCUT2D eigenvalue weighted by Gasteiger charge is -2.23. The Kier molecular flexibility index (Phi) is 4.59. The predicted molar refractivity (Wildman–Crippen MR) is 59.5 cm³/mol. The van der Waals surface area contributed by atoms with E-state index in [-0.39, 0.29) is 18.5 Å². The van der Waals surface area contributed by atoms with Gasteiger partial charge in [0.15, 0.2) is 0 Å². The van der Waals surface area contributed by atoms with E-state index < -0.39 is 0 Å². The number of nitrogens with zero attached hydrogens (tertiary/aromatic N) is 2. The van der Waals surface area contributed by atoms with Crippen LogP contribution in [0.15, 0.2) is 22.8 Å². The summed E-state index contributed by atoms with van der Waals surface area (Å²) >= 11 is 0. The van der Waals surface area contributed by atoms with Gasteiger partial charge in [-0.05, 0) is 26.0 Å². The molecule has 16 heavy (non-hydrogen) atoms. The summed E-state index contributed by atoms with van der Waals surface area (Å²) in [5.74, 6) is 0.793. The van der Waals surface area contributed by atoms with Crippen molar-refractivity contribution < 1.29 is 9.21 Å². The van der Waals surface area contributed by atoms with Gasteiger partial charge in [-0.25, -0.2) is 0 Å². The fraction of sp³-hybridized carbons (Fsp3) is 0.500. The molecule has 0 saturated carbocycles. The molecule has 4 heteroatoms. The van der Waals surface area contributed by atoms with Crippen LogP contribution < -0.4 is 0 Å². The lowest BCUT2D eigenvalue weighted by atomic mass is 10.2. The van der Waals surface area contributed by atoms with Gasteiger partial charge in [0.2, 0.25) is 5.91 Å². The van der Waals surface area contributed by atoms with Crippen LogP contribution in [0.2, 0.25) is 0 Å². The summed E-state index contributed by atoms with van der Waals surface area (Å²) in [6.45, 7) is 3.96. The van der Waals surface area contributed by atoms with E-state index in [4.69, 9.17) is 9.68 Å². The predicted octanol–water partition coefficient (Wildman–Crippen LogP) is 1.97.